The molecular formula is C17H19N3O3S. The summed E-state index contributed by atoms with van der Waals surface area (Å²) in [6.45, 7) is 4.30. The SMILES string of the molecule is CC(C)Oc1ccc(N2CC(C(=O)Nc3nccs3)CC2=O)cc1. The number of carbonyl (C=O) groups is 2. The van der Waals surface area contributed by atoms with Gasteiger partial charge in [-0.25, -0.2) is 4.98 Å². The Labute approximate surface area is 144 Å². The molecule has 0 aliphatic carbocycles. The van der Waals surface area contributed by atoms with Crippen molar-refractivity contribution in [3.63, 3.8) is 0 Å². The quantitative estimate of drug-likeness (QED) is 0.904. The number of nitrogens with one attached hydrogen (secondary N) is 1. The molecule has 1 atom stereocenters. The van der Waals surface area contributed by atoms with Crippen molar-refractivity contribution in [2.45, 2.75) is 26.4 Å². The van der Waals surface area contributed by atoms with Gasteiger partial charge in [-0.1, -0.05) is 0 Å². The number of ether oxygens (including phenoxy) is 1. The molecule has 1 aromatic carbocycles. The maximum Gasteiger partial charge on any atom is 0.231 e. The van der Waals surface area contributed by atoms with Crippen molar-refractivity contribution >= 4 is 34.0 Å². The molecule has 1 fully saturated rings. The minimum Gasteiger partial charge on any atom is -0.491 e. The van der Waals surface area contributed by atoms with E-state index >= 15 is 0 Å². The van der Waals surface area contributed by atoms with E-state index in [9.17, 15) is 9.59 Å². The molecule has 0 radical (unpaired) electrons. The Kier molecular flexibility index (Phi) is 4.80. The molecule has 0 spiro atoms. The summed E-state index contributed by atoms with van der Waals surface area (Å²) < 4.78 is 5.60. The molecule has 6 nitrogen and oxygen atoms in total. The van der Waals surface area contributed by atoms with Gasteiger partial charge in [0.2, 0.25) is 11.8 Å². The average molecular weight is 345 g/mol. The van der Waals surface area contributed by atoms with Crippen LogP contribution in [0.2, 0.25) is 0 Å². The largest absolute Gasteiger partial charge is 0.491 e. The van der Waals surface area contributed by atoms with E-state index in [4.69, 9.17) is 4.74 Å². The number of benzene rings is 1. The lowest BCUT2D eigenvalue weighted by Crippen LogP contribution is -2.28. The van der Waals surface area contributed by atoms with Crippen LogP contribution in [0.15, 0.2) is 35.8 Å². The Hall–Kier alpha value is -2.41. The lowest BCUT2D eigenvalue weighted by atomic mass is 10.1. The molecule has 7 heteroatoms. The molecule has 3 rings (SSSR count). The Morgan fingerprint density at radius 3 is 2.75 bits per heavy atom. The molecule has 2 aromatic rings. The lowest BCUT2D eigenvalue weighted by molar-refractivity contribution is -0.122. The van der Waals surface area contributed by atoms with Crippen LogP contribution in [0, 0.1) is 5.92 Å². The number of carbonyl (C=O) groups excluding carboxylic acids is 2. The molecular weight excluding hydrogens is 326 g/mol. The Balaban J connectivity index is 1.65. The van der Waals surface area contributed by atoms with Gasteiger partial charge in [-0.3, -0.25) is 9.59 Å². The molecule has 1 aromatic heterocycles. The first kappa shape index (κ1) is 16.4. The summed E-state index contributed by atoms with van der Waals surface area (Å²) in [6, 6.07) is 7.37. The maximum absolute atomic E-state index is 12.3. The fraction of sp³-hybridized carbons (Fsp3) is 0.353. The van der Waals surface area contributed by atoms with E-state index in [2.05, 4.69) is 10.3 Å². The summed E-state index contributed by atoms with van der Waals surface area (Å²) >= 11 is 1.36. The normalized spacial score (nSPS) is 17.4. The van der Waals surface area contributed by atoms with Crippen LogP contribution in [-0.4, -0.2) is 29.4 Å². The third kappa shape index (κ3) is 3.73. The number of hydrogen-bond acceptors (Lipinski definition) is 5. The Bertz CT molecular complexity index is 713. The first-order valence-corrected chi connectivity index (χ1v) is 8.68. The predicted molar refractivity (Wildman–Crippen MR) is 93.4 cm³/mol. The molecule has 1 unspecified atom stereocenters. The van der Waals surface area contributed by atoms with E-state index in [-0.39, 0.29) is 30.3 Å². The van der Waals surface area contributed by atoms with Crippen molar-refractivity contribution in [2.24, 2.45) is 5.92 Å². The highest BCUT2D eigenvalue weighted by atomic mass is 32.1. The van der Waals surface area contributed by atoms with E-state index in [0.29, 0.717) is 11.7 Å². The number of thiazole rings is 1. The summed E-state index contributed by atoms with van der Waals surface area (Å²) in [5.41, 5.74) is 0.778. The zero-order valence-electron chi connectivity index (χ0n) is 13.6. The van der Waals surface area contributed by atoms with Crippen LogP contribution in [0.3, 0.4) is 0 Å². The number of hydrogen-bond donors (Lipinski definition) is 1. The zero-order chi connectivity index (χ0) is 17.1. The van der Waals surface area contributed by atoms with Crippen LogP contribution in [-0.2, 0) is 9.59 Å². The van der Waals surface area contributed by atoms with Gasteiger partial charge in [0, 0.05) is 30.2 Å². The number of amides is 2. The first-order valence-electron chi connectivity index (χ1n) is 7.80. The van der Waals surface area contributed by atoms with Gasteiger partial charge in [0.05, 0.1) is 12.0 Å². The van der Waals surface area contributed by atoms with Crippen LogP contribution in [0.5, 0.6) is 5.75 Å². The van der Waals surface area contributed by atoms with Gasteiger partial charge in [0.25, 0.3) is 0 Å². The minimum atomic E-state index is -0.368. The molecule has 1 aliphatic rings. The number of rotatable bonds is 5. The minimum absolute atomic E-state index is 0.0492. The second-order valence-electron chi connectivity index (χ2n) is 5.89. The maximum atomic E-state index is 12.3. The highest BCUT2D eigenvalue weighted by Crippen LogP contribution is 2.28. The standard InChI is InChI=1S/C17H19N3O3S/c1-11(2)23-14-5-3-13(4-6-14)20-10-12(9-15(20)21)16(22)19-17-18-7-8-24-17/h3-8,11-12H,9-10H2,1-2H3,(H,18,19,22). The third-order valence-electron chi connectivity index (χ3n) is 3.68. The molecule has 24 heavy (non-hydrogen) atoms. The molecule has 1 N–H and O–H groups in total. The Morgan fingerprint density at radius 1 is 1.38 bits per heavy atom. The molecule has 1 saturated heterocycles. The van der Waals surface area contributed by atoms with E-state index in [0.717, 1.165) is 11.4 Å². The molecule has 2 heterocycles. The van der Waals surface area contributed by atoms with Crippen LogP contribution in [0.25, 0.3) is 0 Å². The predicted octanol–water partition coefficient (Wildman–Crippen LogP) is 2.92. The number of aromatic nitrogens is 1. The fourth-order valence-electron chi connectivity index (χ4n) is 2.60. The van der Waals surface area contributed by atoms with Crippen LogP contribution >= 0.6 is 11.3 Å². The van der Waals surface area contributed by atoms with E-state index in [1.807, 2.05) is 38.1 Å². The molecule has 2 amide bonds. The highest BCUT2D eigenvalue weighted by molar-refractivity contribution is 7.13. The van der Waals surface area contributed by atoms with Gasteiger partial charge >= 0.3 is 0 Å². The second kappa shape index (κ2) is 7.00. The van der Waals surface area contributed by atoms with E-state index in [1.165, 1.54) is 11.3 Å². The Morgan fingerprint density at radius 2 is 2.12 bits per heavy atom. The first-order chi connectivity index (χ1) is 11.5. The van der Waals surface area contributed by atoms with Crippen molar-refractivity contribution < 1.29 is 14.3 Å². The number of anilines is 2. The summed E-state index contributed by atoms with van der Waals surface area (Å²) in [7, 11) is 0. The third-order valence-corrected chi connectivity index (χ3v) is 4.37. The molecule has 126 valence electrons. The van der Waals surface area contributed by atoms with Gasteiger partial charge in [-0.2, -0.15) is 0 Å². The van der Waals surface area contributed by atoms with Gasteiger partial charge in [0.15, 0.2) is 5.13 Å². The summed E-state index contributed by atoms with van der Waals surface area (Å²) in [4.78, 5) is 30.2. The topological polar surface area (TPSA) is 71.5 Å². The molecule has 0 bridgehead atoms. The summed E-state index contributed by atoms with van der Waals surface area (Å²) in [6.07, 6.45) is 1.94. The molecule has 1 aliphatic heterocycles. The fourth-order valence-corrected chi connectivity index (χ4v) is 3.13. The van der Waals surface area contributed by atoms with Crippen molar-refractivity contribution in [2.75, 3.05) is 16.8 Å². The summed E-state index contributed by atoms with van der Waals surface area (Å²) in [5, 5.41) is 5.11. The van der Waals surface area contributed by atoms with Crippen molar-refractivity contribution in [1.82, 2.24) is 4.98 Å². The summed E-state index contributed by atoms with van der Waals surface area (Å²) in [5.74, 6) is 0.179. The second-order valence-corrected chi connectivity index (χ2v) is 6.79. The van der Waals surface area contributed by atoms with Gasteiger partial charge in [-0.15, -0.1) is 11.3 Å². The highest BCUT2D eigenvalue weighted by Gasteiger charge is 2.35. The number of nitrogens with zero attached hydrogens (tertiary/aromatic N) is 2. The van der Waals surface area contributed by atoms with Crippen molar-refractivity contribution in [1.29, 1.82) is 0 Å². The van der Waals surface area contributed by atoms with E-state index in [1.54, 1.807) is 16.5 Å². The van der Waals surface area contributed by atoms with Crippen molar-refractivity contribution in [3.05, 3.63) is 35.8 Å². The zero-order valence-corrected chi connectivity index (χ0v) is 14.4. The smallest absolute Gasteiger partial charge is 0.231 e. The monoisotopic (exact) mass is 345 g/mol. The van der Waals surface area contributed by atoms with Gasteiger partial charge < -0.3 is 15.0 Å². The van der Waals surface area contributed by atoms with E-state index < -0.39 is 0 Å². The van der Waals surface area contributed by atoms with Gasteiger partial charge in [0.1, 0.15) is 5.75 Å². The van der Waals surface area contributed by atoms with Gasteiger partial charge in [-0.05, 0) is 38.1 Å². The van der Waals surface area contributed by atoms with Crippen molar-refractivity contribution in [3.8, 4) is 5.75 Å². The van der Waals surface area contributed by atoms with Crippen LogP contribution < -0.4 is 15.0 Å². The van der Waals surface area contributed by atoms with Crippen LogP contribution in [0.4, 0.5) is 10.8 Å². The average Bonchev–Trinajstić information content (AvgIpc) is 3.17. The lowest BCUT2D eigenvalue weighted by Gasteiger charge is -2.17. The van der Waals surface area contributed by atoms with Crippen LogP contribution in [0.1, 0.15) is 20.3 Å². The molecule has 0 saturated carbocycles.